The molecule has 1 fully saturated rings. The van der Waals surface area contributed by atoms with Crippen LogP contribution in [0.1, 0.15) is 29.1 Å². The van der Waals surface area contributed by atoms with E-state index in [0.717, 1.165) is 48.7 Å². The van der Waals surface area contributed by atoms with E-state index in [-0.39, 0.29) is 5.91 Å². The highest BCUT2D eigenvalue weighted by atomic mass is 32.1. The van der Waals surface area contributed by atoms with E-state index in [0.29, 0.717) is 0 Å². The lowest BCUT2D eigenvalue weighted by Gasteiger charge is -2.39. The lowest BCUT2D eigenvalue weighted by Crippen LogP contribution is -2.49. The van der Waals surface area contributed by atoms with Crippen molar-refractivity contribution in [1.29, 1.82) is 0 Å². The number of hydrogen-bond acceptors (Lipinski definition) is 4. The quantitative estimate of drug-likeness (QED) is 0.943. The molecule has 1 aromatic heterocycles. The van der Waals surface area contributed by atoms with Crippen LogP contribution in [0.15, 0.2) is 35.7 Å². The number of likely N-dealkylation sites (tertiary alicyclic amines) is 1. The molecule has 0 spiro atoms. The number of piperidine rings is 1. The number of amides is 1. The average molecular weight is 315 g/mol. The maximum Gasteiger partial charge on any atom is 0.228 e. The van der Waals surface area contributed by atoms with Crippen LogP contribution in [0.2, 0.25) is 0 Å². The Morgan fingerprint density at radius 1 is 1.32 bits per heavy atom. The normalized spacial score (nSPS) is 18.2. The molecule has 1 saturated heterocycles. The molecule has 22 heavy (non-hydrogen) atoms. The number of nitrogens with zero attached hydrogens (tertiary/aromatic N) is 2. The largest absolute Gasteiger partial charge is 0.369 e. The van der Waals surface area contributed by atoms with Crippen molar-refractivity contribution < 1.29 is 4.79 Å². The number of carbonyl (C=O) groups excluding carboxylic acids is 1. The predicted octanol–water partition coefficient (Wildman–Crippen LogP) is 2.47. The molecule has 5 heteroatoms. The second-order valence-electron chi connectivity index (χ2n) is 5.95. The van der Waals surface area contributed by atoms with Gasteiger partial charge in [-0.2, -0.15) is 0 Å². The van der Waals surface area contributed by atoms with Crippen LogP contribution in [-0.2, 0) is 16.8 Å². The Labute approximate surface area is 135 Å². The molecule has 2 heterocycles. The molecule has 0 bridgehead atoms. The number of aryl methyl sites for hydroxylation is 1. The number of thiazole rings is 1. The summed E-state index contributed by atoms with van der Waals surface area (Å²) in [4.78, 5) is 19.0. The topological polar surface area (TPSA) is 59.2 Å². The zero-order valence-electron chi connectivity index (χ0n) is 12.8. The third-order valence-electron chi connectivity index (χ3n) is 4.56. The van der Waals surface area contributed by atoms with Crippen LogP contribution in [0.25, 0.3) is 0 Å². The first-order valence-electron chi connectivity index (χ1n) is 7.59. The summed E-state index contributed by atoms with van der Waals surface area (Å²) in [5.41, 5.74) is 7.42. The van der Waals surface area contributed by atoms with Gasteiger partial charge in [0.2, 0.25) is 5.91 Å². The fourth-order valence-corrected chi connectivity index (χ4v) is 3.84. The van der Waals surface area contributed by atoms with Gasteiger partial charge >= 0.3 is 0 Å². The third kappa shape index (κ3) is 2.91. The fourth-order valence-electron chi connectivity index (χ4n) is 3.24. The van der Waals surface area contributed by atoms with Crippen molar-refractivity contribution >= 4 is 17.2 Å². The Bertz CT molecular complexity index is 645. The first-order chi connectivity index (χ1) is 10.6. The molecule has 1 aliphatic heterocycles. The average Bonchev–Trinajstić information content (AvgIpc) is 2.94. The summed E-state index contributed by atoms with van der Waals surface area (Å²) in [7, 11) is 0. The zero-order valence-corrected chi connectivity index (χ0v) is 13.6. The lowest BCUT2D eigenvalue weighted by molar-refractivity contribution is -0.125. The van der Waals surface area contributed by atoms with E-state index in [2.05, 4.69) is 15.3 Å². The van der Waals surface area contributed by atoms with Crippen LogP contribution in [0.3, 0.4) is 0 Å². The van der Waals surface area contributed by atoms with Gasteiger partial charge in [0.15, 0.2) is 0 Å². The van der Waals surface area contributed by atoms with Crippen LogP contribution in [-0.4, -0.2) is 28.9 Å². The smallest absolute Gasteiger partial charge is 0.228 e. The van der Waals surface area contributed by atoms with E-state index < -0.39 is 5.41 Å². The van der Waals surface area contributed by atoms with Gasteiger partial charge in [-0.1, -0.05) is 30.3 Å². The molecule has 4 nitrogen and oxygen atoms in total. The van der Waals surface area contributed by atoms with Crippen LogP contribution < -0.4 is 5.73 Å². The summed E-state index contributed by atoms with van der Waals surface area (Å²) in [6.07, 6.45) is 1.55. The number of carbonyl (C=O) groups is 1. The van der Waals surface area contributed by atoms with Gasteiger partial charge in [0.25, 0.3) is 0 Å². The summed E-state index contributed by atoms with van der Waals surface area (Å²) in [5, 5.41) is 3.21. The zero-order chi connectivity index (χ0) is 15.6. The Hall–Kier alpha value is -1.72. The molecule has 0 atom stereocenters. The van der Waals surface area contributed by atoms with Gasteiger partial charge in [0.05, 0.1) is 16.1 Å². The van der Waals surface area contributed by atoms with Crippen molar-refractivity contribution in [3.8, 4) is 0 Å². The minimum atomic E-state index is -0.518. The molecule has 116 valence electrons. The van der Waals surface area contributed by atoms with Crippen LogP contribution >= 0.6 is 11.3 Å². The molecule has 1 aromatic carbocycles. The first-order valence-corrected chi connectivity index (χ1v) is 8.47. The maximum atomic E-state index is 12.1. The summed E-state index contributed by atoms with van der Waals surface area (Å²) >= 11 is 1.68. The monoisotopic (exact) mass is 315 g/mol. The molecule has 0 saturated carbocycles. The standard InChI is InChI=1S/C17H21N3OS/c1-13-19-15(12-22-13)11-20-9-7-17(8-10-20,16(18)21)14-5-3-2-4-6-14/h2-6,12H,7-11H2,1H3,(H2,18,21). The van der Waals surface area contributed by atoms with E-state index in [4.69, 9.17) is 5.73 Å². The number of aromatic nitrogens is 1. The Morgan fingerprint density at radius 3 is 2.55 bits per heavy atom. The fraction of sp³-hybridized carbons (Fsp3) is 0.412. The number of primary amides is 1. The molecule has 3 rings (SSSR count). The molecule has 0 aliphatic carbocycles. The van der Waals surface area contributed by atoms with Gasteiger partial charge < -0.3 is 5.73 Å². The maximum absolute atomic E-state index is 12.1. The van der Waals surface area contributed by atoms with Gasteiger partial charge in [-0.25, -0.2) is 4.98 Å². The first kappa shape index (κ1) is 15.2. The molecule has 0 radical (unpaired) electrons. The molecular formula is C17H21N3OS. The van der Waals surface area contributed by atoms with E-state index in [1.807, 2.05) is 37.3 Å². The Morgan fingerprint density at radius 2 is 2.00 bits per heavy atom. The molecule has 1 aliphatic rings. The second-order valence-corrected chi connectivity index (χ2v) is 7.01. The van der Waals surface area contributed by atoms with E-state index in [1.54, 1.807) is 11.3 Å². The third-order valence-corrected chi connectivity index (χ3v) is 5.38. The van der Waals surface area contributed by atoms with E-state index in [9.17, 15) is 4.79 Å². The highest BCUT2D eigenvalue weighted by Crippen LogP contribution is 2.35. The summed E-state index contributed by atoms with van der Waals surface area (Å²) in [6.45, 7) is 4.62. The van der Waals surface area contributed by atoms with Crippen molar-refractivity contribution in [2.45, 2.75) is 31.7 Å². The van der Waals surface area contributed by atoms with Crippen LogP contribution in [0.5, 0.6) is 0 Å². The van der Waals surface area contributed by atoms with E-state index in [1.165, 1.54) is 0 Å². The predicted molar refractivity (Wildman–Crippen MR) is 88.7 cm³/mol. The second kappa shape index (κ2) is 6.18. The minimum absolute atomic E-state index is 0.206. The van der Waals surface area contributed by atoms with Crippen LogP contribution in [0, 0.1) is 6.92 Å². The molecular weight excluding hydrogens is 294 g/mol. The highest BCUT2D eigenvalue weighted by molar-refractivity contribution is 7.09. The van der Waals surface area contributed by atoms with Crippen molar-refractivity contribution in [3.05, 3.63) is 52.0 Å². The number of rotatable bonds is 4. The van der Waals surface area contributed by atoms with Gasteiger partial charge in [-0.15, -0.1) is 11.3 Å². The van der Waals surface area contributed by atoms with Gasteiger partial charge in [0.1, 0.15) is 0 Å². The molecule has 2 N–H and O–H groups in total. The summed E-state index contributed by atoms with van der Waals surface area (Å²) < 4.78 is 0. The molecule has 1 amide bonds. The van der Waals surface area contributed by atoms with Crippen LogP contribution in [0.4, 0.5) is 0 Å². The van der Waals surface area contributed by atoms with Crippen molar-refractivity contribution in [1.82, 2.24) is 9.88 Å². The summed E-state index contributed by atoms with van der Waals surface area (Å²) in [6, 6.07) is 9.96. The Kier molecular flexibility index (Phi) is 4.27. The Balaban J connectivity index is 1.72. The lowest BCUT2D eigenvalue weighted by atomic mass is 9.72. The summed E-state index contributed by atoms with van der Waals surface area (Å²) in [5.74, 6) is -0.206. The minimum Gasteiger partial charge on any atom is -0.369 e. The number of benzene rings is 1. The van der Waals surface area contributed by atoms with Gasteiger partial charge in [-0.05, 0) is 38.4 Å². The number of nitrogens with two attached hydrogens (primary N) is 1. The SMILES string of the molecule is Cc1nc(CN2CCC(C(N)=O)(c3ccccc3)CC2)cs1. The molecule has 2 aromatic rings. The molecule has 0 unspecified atom stereocenters. The van der Waals surface area contributed by atoms with Crippen molar-refractivity contribution in [3.63, 3.8) is 0 Å². The highest BCUT2D eigenvalue weighted by Gasteiger charge is 2.41. The van der Waals surface area contributed by atoms with Crippen molar-refractivity contribution in [2.24, 2.45) is 5.73 Å². The van der Waals surface area contributed by atoms with E-state index >= 15 is 0 Å². The number of hydrogen-bond donors (Lipinski definition) is 1. The van der Waals surface area contributed by atoms with Gasteiger partial charge in [-0.3, -0.25) is 9.69 Å². The van der Waals surface area contributed by atoms with Crippen molar-refractivity contribution in [2.75, 3.05) is 13.1 Å². The van der Waals surface area contributed by atoms with Gasteiger partial charge in [0, 0.05) is 11.9 Å².